The predicted molar refractivity (Wildman–Crippen MR) is 79.4 cm³/mol. The molecule has 0 unspecified atom stereocenters. The van der Waals surface area contributed by atoms with Crippen molar-refractivity contribution in [3.63, 3.8) is 0 Å². The van der Waals surface area contributed by atoms with Crippen molar-refractivity contribution in [1.82, 2.24) is 10.9 Å². The Morgan fingerprint density at radius 2 is 1.90 bits per heavy atom. The van der Waals surface area contributed by atoms with E-state index in [0.717, 1.165) is 11.3 Å². The molecule has 6 nitrogen and oxygen atoms in total. The molecule has 1 aromatic carbocycles. The molecule has 1 rings (SSSR count). The van der Waals surface area contributed by atoms with Gasteiger partial charge in [0.15, 0.2) is 0 Å². The second kappa shape index (κ2) is 9.55. The van der Waals surface area contributed by atoms with Gasteiger partial charge in [-0.25, -0.2) is 0 Å². The summed E-state index contributed by atoms with van der Waals surface area (Å²) < 4.78 is 10.1. The van der Waals surface area contributed by atoms with Crippen LogP contribution in [-0.4, -0.2) is 32.1 Å². The van der Waals surface area contributed by atoms with E-state index in [1.807, 2.05) is 19.1 Å². The highest BCUT2D eigenvalue weighted by molar-refractivity contribution is 5.93. The molecule has 0 aromatic heterocycles. The van der Waals surface area contributed by atoms with Gasteiger partial charge in [-0.2, -0.15) is 0 Å². The summed E-state index contributed by atoms with van der Waals surface area (Å²) in [5.74, 6) is 0.0448. The first-order valence-corrected chi connectivity index (χ1v) is 6.64. The number of carbonyl (C=O) groups excluding carboxylic acids is 2. The van der Waals surface area contributed by atoms with Crippen LogP contribution in [0.2, 0.25) is 0 Å². The van der Waals surface area contributed by atoms with Gasteiger partial charge in [-0.1, -0.05) is 12.1 Å². The number of benzene rings is 1. The summed E-state index contributed by atoms with van der Waals surface area (Å²) in [5, 5.41) is 0. The molecule has 0 aliphatic rings. The van der Waals surface area contributed by atoms with Crippen LogP contribution in [0, 0.1) is 0 Å². The second-order valence-corrected chi connectivity index (χ2v) is 4.09. The zero-order chi connectivity index (χ0) is 15.5. The average molecular weight is 292 g/mol. The van der Waals surface area contributed by atoms with Gasteiger partial charge in [-0.05, 0) is 30.7 Å². The molecule has 0 aliphatic carbocycles. The van der Waals surface area contributed by atoms with Crippen LogP contribution in [0.1, 0.15) is 18.9 Å². The first kappa shape index (κ1) is 16.7. The lowest BCUT2D eigenvalue weighted by molar-refractivity contribution is -0.127. The SMILES string of the molecule is CCOCCC(=O)NNC(=O)/C=C/c1ccc(OC)cc1. The molecule has 0 aliphatic heterocycles. The third kappa shape index (κ3) is 7.12. The largest absolute Gasteiger partial charge is 0.497 e. The highest BCUT2D eigenvalue weighted by Crippen LogP contribution is 2.11. The molecule has 0 fully saturated rings. The highest BCUT2D eigenvalue weighted by Gasteiger charge is 2.01. The highest BCUT2D eigenvalue weighted by atomic mass is 16.5. The van der Waals surface area contributed by atoms with E-state index in [2.05, 4.69) is 10.9 Å². The van der Waals surface area contributed by atoms with E-state index in [4.69, 9.17) is 9.47 Å². The van der Waals surface area contributed by atoms with E-state index in [1.54, 1.807) is 25.3 Å². The van der Waals surface area contributed by atoms with Gasteiger partial charge in [0.25, 0.3) is 5.91 Å². The van der Waals surface area contributed by atoms with Crippen LogP contribution in [-0.2, 0) is 14.3 Å². The Bertz CT molecular complexity index is 483. The van der Waals surface area contributed by atoms with Crippen molar-refractivity contribution in [2.24, 2.45) is 0 Å². The number of rotatable bonds is 7. The molecule has 0 saturated heterocycles. The van der Waals surface area contributed by atoms with Crippen molar-refractivity contribution in [3.8, 4) is 5.75 Å². The second-order valence-electron chi connectivity index (χ2n) is 4.09. The molecule has 2 N–H and O–H groups in total. The number of amides is 2. The number of carbonyl (C=O) groups is 2. The molecule has 0 radical (unpaired) electrons. The first-order valence-electron chi connectivity index (χ1n) is 6.64. The number of hydrogen-bond donors (Lipinski definition) is 2. The number of nitrogens with one attached hydrogen (secondary N) is 2. The lowest BCUT2D eigenvalue weighted by Gasteiger charge is -2.05. The van der Waals surface area contributed by atoms with E-state index < -0.39 is 5.91 Å². The van der Waals surface area contributed by atoms with Crippen LogP contribution < -0.4 is 15.6 Å². The van der Waals surface area contributed by atoms with Gasteiger partial charge in [0.2, 0.25) is 5.91 Å². The quantitative estimate of drug-likeness (QED) is 0.451. The topological polar surface area (TPSA) is 76.7 Å². The fraction of sp³-hybridized carbons (Fsp3) is 0.333. The van der Waals surface area contributed by atoms with E-state index in [1.165, 1.54) is 6.08 Å². The summed E-state index contributed by atoms with van der Waals surface area (Å²) in [5.41, 5.74) is 5.46. The van der Waals surface area contributed by atoms with Gasteiger partial charge in [0, 0.05) is 12.7 Å². The molecule has 1 aromatic rings. The van der Waals surface area contributed by atoms with Gasteiger partial charge in [0.1, 0.15) is 5.75 Å². The Balaban J connectivity index is 2.32. The Morgan fingerprint density at radius 3 is 2.52 bits per heavy atom. The monoisotopic (exact) mass is 292 g/mol. The van der Waals surface area contributed by atoms with E-state index in [-0.39, 0.29) is 12.3 Å². The minimum atomic E-state index is -0.407. The fourth-order valence-corrected chi connectivity index (χ4v) is 1.43. The molecule has 0 spiro atoms. The molecular weight excluding hydrogens is 272 g/mol. The van der Waals surface area contributed by atoms with E-state index in [0.29, 0.717) is 13.2 Å². The average Bonchev–Trinajstić information content (AvgIpc) is 2.51. The Hall–Kier alpha value is -2.34. The zero-order valence-corrected chi connectivity index (χ0v) is 12.2. The van der Waals surface area contributed by atoms with Crippen molar-refractivity contribution in [2.45, 2.75) is 13.3 Å². The van der Waals surface area contributed by atoms with Crippen LogP contribution >= 0.6 is 0 Å². The van der Waals surface area contributed by atoms with Crippen molar-refractivity contribution < 1.29 is 19.1 Å². The molecule has 114 valence electrons. The van der Waals surface area contributed by atoms with Crippen LogP contribution in [0.3, 0.4) is 0 Å². The van der Waals surface area contributed by atoms with E-state index in [9.17, 15) is 9.59 Å². The van der Waals surface area contributed by atoms with E-state index >= 15 is 0 Å². The minimum absolute atomic E-state index is 0.205. The summed E-state index contributed by atoms with van der Waals surface area (Å²) in [4.78, 5) is 22.8. The Morgan fingerprint density at radius 1 is 1.19 bits per heavy atom. The van der Waals surface area contributed by atoms with Crippen LogP contribution in [0.25, 0.3) is 6.08 Å². The van der Waals surface area contributed by atoms with Gasteiger partial charge >= 0.3 is 0 Å². The maximum Gasteiger partial charge on any atom is 0.262 e. The third-order valence-corrected chi connectivity index (χ3v) is 2.55. The summed E-state index contributed by atoms with van der Waals surface area (Å²) >= 11 is 0. The fourth-order valence-electron chi connectivity index (χ4n) is 1.43. The number of hydrogen-bond acceptors (Lipinski definition) is 4. The number of ether oxygens (including phenoxy) is 2. The number of hydrazine groups is 1. The third-order valence-electron chi connectivity index (χ3n) is 2.55. The van der Waals surface area contributed by atoms with Gasteiger partial charge in [-0.15, -0.1) is 0 Å². The van der Waals surface area contributed by atoms with Crippen molar-refractivity contribution in [2.75, 3.05) is 20.3 Å². The van der Waals surface area contributed by atoms with Crippen LogP contribution in [0.5, 0.6) is 5.75 Å². The van der Waals surface area contributed by atoms with Crippen LogP contribution in [0.4, 0.5) is 0 Å². The lowest BCUT2D eigenvalue weighted by Crippen LogP contribution is -2.41. The zero-order valence-electron chi connectivity index (χ0n) is 12.2. The molecular formula is C15H20N2O4. The molecule has 21 heavy (non-hydrogen) atoms. The standard InChI is InChI=1S/C15H20N2O4/c1-3-21-11-10-15(19)17-16-14(18)9-6-12-4-7-13(20-2)8-5-12/h4-9H,3,10-11H2,1-2H3,(H,16,18)(H,17,19)/b9-6+. The van der Waals surface area contributed by atoms with Crippen LogP contribution in [0.15, 0.2) is 30.3 Å². The molecule has 2 amide bonds. The molecule has 0 saturated carbocycles. The predicted octanol–water partition coefficient (Wildman–Crippen LogP) is 1.28. The molecule has 6 heteroatoms. The molecule has 0 bridgehead atoms. The number of methoxy groups -OCH3 is 1. The van der Waals surface area contributed by atoms with Crippen molar-refractivity contribution in [3.05, 3.63) is 35.9 Å². The Kier molecular flexibility index (Phi) is 7.60. The maximum absolute atomic E-state index is 11.5. The normalized spacial score (nSPS) is 10.4. The summed E-state index contributed by atoms with van der Waals surface area (Å²) in [7, 11) is 1.59. The molecule has 0 atom stereocenters. The first-order chi connectivity index (χ1) is 10.2. The summed E-state index contributed by atoms with van der Waals surface area (Å²) in [6, 6.07) is 7.24. The maximum atomic E-state index is 11.5. The smallest absolute Gasteiger partial charge is 0.262 e. The summed E-state index contributed by atoms with van der Waals surface area (Å²) in [6.45, 7) is 2.74. The van der Waals surface area contributed by atoms with Gasteiger partial charge < -0.3 is 9.47 Å². The minimum Gasteiger partial charge on any atom is -0.497 e. The van der Waals surface area contributed by atoms with Gasteiger partial charge in [0.05, 0.1) is 20.1 Å². The molecule has 0 heterocycles. The van der Waals surface area contributed by atoms with Gasteiger partial charge in [-0.3, -0.25) is 20.4 Å². The Labute approximate surface area is 124 Å². The summed E-state index contributed by atoms with van der Waals surface area (Å²) in [6.07, 6.45) is 3.18. The van der Waals surface area contributed by atoms with Crippen molar-refractivity contribution >= 4 is 17.9 Å². The lowest BCUT2D eigenvalue weighted by atomic mass is 10.2. The van der Waals surface area contributed by atoms with Crippen molar-refractivity contribution in [1.29, 1.82) is 0 Å².